The summed E-state index contributed by atoms with van der Waals surface area (Å²) in [5.74, 6) is 0.944. The molecule has 0 spiro atoms. The summed E-state index contributed by atoms with van der Waals surface area (Å²) in [5, 5.41) is 4.35. The van der Waals surface area contributed by atoms with E-state index < -0.39 is 0 Å². The molecule has 1 unspecified atom stereocenters. The summed E-state index contributed by atoms with van der Waals surface area (Å²) in [6, 6.07) is 17.2. The molecule has 21 heavy (non-hydrogen) atoms. The maximum atomic E-state index is 4.61. The van der Waals surface area contributed by atoms with Crippen LogP contribution in [0.2, 0.25) is 0 Å². The second-order valence-electron chi connectivity index (χ2n) is 5.12. The highest BCUT2D eigenvalue weighted by Gasteiger charge is 2.11. The number of hydrogen-bond acceptors (Lipinski definition) is 3. The predicted octanol–water partition coefficient (Wildman–Crippen LogP) is 3.92. The van der Waals surface area contributed by atoms with Gasteiger partial charge in [0, 0.05) is 11.8 Å². The number of hydrogen-bond donors (Lipinski definition) is 2. The lowest BCUT2D eigenvalue weighted by Gasteiger charge is -2.15. The van der Waals surface area contributed by atoms with Crippen molar-refractivity contribution in [3.05, 3.63) is 59.7 Å². The number of benzene rings is 2. The molecule has 0 fully saturated rings. The largest absolute Gasteiger partial charge is 0.333 e. The monoisotopic (exact) mass is 297 g/mol. The van der Waals surface area contributed by atoms with Crippen LogP contribution in [0.1, 0.15) is 17.2 Å². The van der Waals surface area contributed by atoms with Gasteiger partial charge in [0.1, 0.15) is 0 Å². The van der Waals surface area contributed by atoms with Crippen LogP contribution in [0, 0.1) is 6.92 Å². The van der Waals surface area contributed by atoms with Gasteiger partial charge in [0.15, 0.2) is 5.16 Å². The van der Waals surface area contributed by atoms with Crippen LogP contribution < -0.4 is 5.32 Å². The molecule has 0 saturated carbocycles. The molecule has 0 amide bonds. The first kappa shape index (κ1) is 14.2. The first-order valence-corrected chi connectivity index (χ1v) is 8.06. The van der Waals surface area contributed by atoms with Gasteiger partial charge in [-0.1, -0.05) is 53.7 Å². The van der Waals surface area contributed by atoms with E-state index in [1.165, 1.54) is 11.1 Å². The summed E-state index contributed by atoms with van der Waals surface area (Å²) < 4.78 is 0. The number of aromatic nitrogens is 2. The molecule has 0 aliphatic carbocycles. The predicted molar refractivity (Wildman–Crippen MR) is 89.8 cm³/mol. The Labute approximate surface area is 129 Å². The van der Waals surface area contributed by atoms with Crippen molar-refractivity contribution in [3.8, 4) is 0 Å². The van der Waals surface area contributed by atoms with Crippen LogP contribution in [0.4, 0.5) is 0 Å². The number of para-hydroxylation sites is 2. The molecule has 2 N–H and O–H groups in total. The third kappa shape index (κ3) is 3.28. The van der Waals surface area contributed by atoms with E-state index in [2.05, 4.69) is 52.5 Å². The van der Waals surface area contributed by atoms with E-state index in [1.54, 1.807) is 11.8 Å². The number of rotatable bonds is 5. The normalized spacial score (nSPS) is 12.7. The molecule has 3 nitrogen and oxygen atoms in total. The SMILES string of the molecule is CNC(CSc1nc2ccccc2[nH]1)c1ccc(C)cc1. The van der Waals surface area contributed by atoms with Gasteiger partial charge in [0.05, 0.1) is 11.0 Å². The molecule has 0 aliphatic heterocycles. The number of thioether (sulfide) groups is 1. The first-order chi connectivity index (χ1) is 10.3. The molecule has 0 saturated heterocycles. The fourth-order valence-electron chi connectivity index (χ4n) is 2.31. The van der Waals surface area contributed by atoms with Crippen molar-refractivity contribution in [2.24, 2.45) is 0 Å². The molecule has 0 bridgehead atoms. The average Bonchev–Trinajstić information content (AvgIpc) is 2.92. The van der Waals surface area contributed by atoms with Crippen LogP contribution in [0.15, 0.2) is 53.7 Å². The van der Waals surface area contributed by atoms with E-state index in [4.69, 9.17) is 0 Å². The lowest BCUT2D eigenvalue weighted by molar-refractivity contribution is 0.661. The van der Waals surface area contributed by atoms with Crippen molar-refractivity contribution in [2.75, 3.05) is 12.8 Å². The molecule has 2 aromatic carbocycles. The molecular formula is C17H19N3S. The summed E-state index contributed by atoms with van der Waals surface area (Å²) >= 11 is 1.75. The maximum Gasteiger partial charge on any atom is 0.166 e. The fraction of sp³-hybridized carbons (Fsp3) is 0.235. The highest BCUT2D eigenvalue weighted by Crippen LogP contribution is 2.24. The van der Waals surface area contributed by atoms with Gasteiger partial charge >= 0.3 is 0 Å². The van der Waals surface area contributed by atoms with E-state index in [1.807, 2.05) is 25.2 Å². The smallest absolute Gasteiger partial charge is 0.166 e. The Balaban J connectivity index is 1.71. The van der Waals surface area contributed by atoms with Crippen LogP contribution in [-0.2, 0) is 0 Å². The molecular weight excluding hydrogens is 278 g/mol. The van der Waals surface area contributed by atoms with Crippen LogP contribution in [0.3, 0.4) is 0 Å². The zero-order valence-corrected chi connectivity index (χ0v) is 13.1. The van der Waals surface area contributed by atoms with Gasteiger partial charge in [-0.15, -0.1) is 0 Å². The van der Waals surface area contributed by atoms with Gasteiger partial charge in [0.2, 0.25) is 0 Å². The minimum Gasteiger partial charge on any atom is -0.333 e. The van der Waals surface area contributed by atoms with Crippen LogP contribution in [0.5, 0.6) is 0 Å². The Morgan fingerprint density at radius 3 is 2.62 bits per heavy atom. The van der Waals surface area contributed by atoms with Crippen molar-refractivity contribution < 1.29 is 0 Å². The van der Waals surface area contributed by atoms with Gasteiger partial charge in [-0.2, -0.15) is 0 Å². The summed E-state index contributed by atoms with van der Waals surface area (Å²) in [5.41, 5.74) is 4.72. The van der Waals surface area contributed by atoms with Crippen molar-refractivity contribution in [1.29, 1.82) is 0 Å². The van der Waals surface area contributed by atoms with Crippen LogP contribution >= 0.6 is 11.8 Å². The standard InChI is InChI=1S/C17H19N3S/c1-12-7-9-13(10-8-12)16(18-2)11-21-17-19-14-5-3-4-6-15(14)20-17/h3-10,16,18H,11H2,1-2H3,(H,19,20). The number of nitrogens with zero attached hydrogens (tertiary/aromatic N) is 1. The van der Waals surface area contributed by atoms with E-state index in [0.717, 1.165) is 21.9 Å². The summed E-state index contributed by atoms with van der Waals surface area (Å²) in [7, 11) is 2.00. The molecule has 0 radical (unpaired) electrons. The molecule has 1 heterocycles. The third-order valence-electron chi connectivity index (χ3n) is 3.58. The zero-order chi connectivity index (χ0) is 14.7. The second-order valence-corrected chi connectivity index (χ2v) is 6.13. The Morgan fingerprint density at radius 1 is 1.14 bits per heavy atom. The highest BCUT2D eigenvalue weighted by atomic mass is 32.2. The molecule has 3 aromatic rings. The number of aromatic amines is 1. The molecule has 1 atom stereocenters. The minimum absolute atomic E-state index is 0.323. The Morgan fingerprint density at radius 2 is 1.90 bits per heavy atom. The van der Waals surface area contributed by atoms with Crippen LogP contribution in [0.25, 0.3) is 11.0 Å². The quantitative estimate of drug-likeness (QED) is 0.701. The number of aryl methyl sites for hydroxylation is 1. The molecule has 0 aliphatic rings. The molecule has 4 heteroatoms. The third-order valence-corrected chi connectivity index (χ3v) is 4.55. The Bertz CT molecular complexity index is 685. The lowest BCUT2D eigenvalue weighted by Crippen LogP contribution is -2.18. The first-order valence-electron chi connectivity index (χ1n) is 7.07. The van der Waals surface area contributed by atoms with Crippen molar-refractivity contribution >= 4 is 22.8 Å². The van der Waals surface area contributed by atoms with Crippen molar-refractivity contribution in [1.82, 2.24) is 15.3 Å². The van der Waals surface area contributed by atoms with E-state index >= 15 is 0 Å². The lowest BCUT2D eigenvalue weighted by atomic mass is 10.1. The Hall–Kier alpha value is -1.78. The average molecular weight is 297 g/mol. The highest BCUT2D eigenvalue weighted by molar-refractivity contribution is 7.99. The molecule has 3 rings (SSSR count). The van der Waals surface area contributed by atoms with E-state index in [-0.39, 0.29) is 0 Å². The van der Waals surface area contributed by atoms with Crippen LogP contribution in [-0.4, -0.2) is 22.8 Å². The van der Waals surface area contributed by atoms with Gasteiger partial charge < -0.3 is 10.3 Å². The van der Waals surface area contributed by atoms with Gasteiger partial charge in [0.25, 0.3) is 0 Å². The number of nitrogens with one attached hydrogen (secondary N) is 2. The van der Waals surface area contributed by atoms with E-state index in [0.29, 0.717) is 6.04 Å². The Kier molecular flexibility index (Phi) is 4.27. The van der Waals surface area contributed by atoms with Crippen molar-refractivity contribution in [3.63, 3.8) is 0 Å². The van der Waals surface area contributed by atoms with Crippen molar-refractivity contribution in [2.45, 2.75) is 18.1 Å². The molecule has 108 valence electrons. The van der Waals surface area contributed by atoms with Gasteiger partial charge in [-0.25, -0.2) is 4.98 Å². The second kappa shape index (κ2) is 6.33. The zero-order valence-electron chi connectivity index (χ0n) is 12.3. The number of H-pyrrole nitrogens is 1. The topological polar surface area (TPSA) is 40.7 Å². The summed E-state index contributed by atoms with van der Waals surface area (Å²) in [4.78, 5) is 7.97. The van der Waals surface area contributed by atoms with E-state index in [9.17, 15) is 0 Å². The molecule has 1 aromatic heterocycles. The maximum absolute atomic E-state index is 4.61. The number of imidazole rings is 1. The minimum atomic E-state index is 0.323. The fourth-order valence-corrected chi connectivity index (χ4v) is 3.33. The number of fused-ring (bicyclic) bond motifs is 1. The summed E-state index contributed by atoms with van der Waals surface area (Å²) in [6.07, 6.45) is 0. The summed E-state index contributed by atoms with van der Waals surface area (Å²) in [6.45, 7) is 2.11. The van der Waals surface area contributed by atoms with Gasteiger partial charge in [-0.05, 0) is 31.7 Å². The van der Waals surface area contributed by atoms with Gasteiger partial charge in [-0.3, -0.25) is 0 Å².